The van der Waals surface area contributed by atoms with Gasteiger partial charge in [0.05, 0.1) is 6.61 Å². The van der Waals surface area contributed by atoms with E-state index >= 15 is 0 Å². The van der Waals surface area contributed by atoms with E-state index in [9.17, 15) is 28.8 Å². The molecular weight excluding hydrogens is 1040 g/mol. The molecular formula is C67H98N2O9S2. The number of carboxylic acid groups (broad SMARTS) is 1. The summed E-state index contributed by atoms with van der Waals surface area (Å²) in [7, 11) is 0. The normalized spacial score (nSPS) is 15.3. The van der Waals surface area contributed by atoms with Gasteiger partial charge in [-0.15, -0.1) is 13.2 Å². The van der Waals surface area contributed by atoms with Crippen LogP contribution in [-0.4, -0.2) is 105 Å². The molecule has 13 heteroatoms. The fourth-order valence-corrected chi connectivity index (χ4v) is 11.4. The van der Waals surface area contributed by atoms with Crippen LogP contribution < -0.4 is 0 Å². The SMILES string of the molecule is C=CC(CCC=CCC(CC)c1ccccc1)CC(C)CCSCCO.C=CC(CCC=CCC(CC)c1ccccc1)CC(C)CCSCCOC(=O)CCCCN1C(=O)C=CC1=O.O=C(O)CCCCCN1C(=O)C=CC1=O. The molecule has 2 N–H and O–H groups in total. The molecule has 0 radical (unpaired) electrons. The number of carboxylic acids is 1. The lowest BCUT2D eigenvalue weighted by Gasteiger charge is -2.17. The van der Waals surface area contributed by atoms with Crippen molar-refractivity contribution in [3.8, 4) is 0 Å². The van der Waals surface area contributed by atoms with Crippen LogP contribution in [0.3, 0.4) is 0 Å². The standard InChI is InChI=1S/C33H47NO4S.C24H38OS.C10H13NO4/c1-4-28(14-8-6-9-15-29(5-2)30-16-10-7-11-17-30)26-27(3)21-24-39-25-23-38-33(37)18-12-13-22-34-31(35)19-20-32(34)36;1-4-22(20-21(3)16-18-26-19-17-25)12-8-6-9-13-23(5-2)24-14-10-7-11-15-24;12-8-5-6-9(13)11(8)7-3-1-2-4-10(14)15/h4,6-7,9-11,16-17,19-20,27-29H,1,5,8,12-15,18,21-26H2,2-3H3;4,6-7,9-11,14-15,21-23,25H,1,5,8,12-13,16-20H2,2-3H3;5-6H,1-4,7H2,(H,14,15). The zero-order chi connectivity index (χ0) is 58.6. The van der Waals surface area contributed by atoms with E-state index in [-0.39, 0.29) is 36.0 Å². The second kappa shape index (κ2) is 45.4. The number of allylic oxidation sites excluding steroid dienone is 6. The van der Waals surface area contributed by atoms with Gasteiger partial charge in [-0.1, -0.05) is 131 Å². The highest BCUT2D eigenvalue weighted by atomic mass is 32.2. The molecule has 0 spiro atoms. The number of hydrogen-bond donors (Lipinski definition) is 2. The molecule has 0 bridgehead atoms. The summed E-state index contributed by atoms with van der Waals surface area (Å²) in [5.41, 5.74) is 2.88. The van der Waals surface area contributed by atoms with Crippen molar-refractivity contribution >= 4 is 59.1 Å². The quantitative estimate of drug-likeness (QED) is 0.0282. The highest BCUT2D eigenvalue weighted by Gasteiger charge is 2.23. The van der Waals surface area contributed by atoms with E-state index in [1.54, 1.807) is 0 Å². The highest BCUT2D eigenvalue weighted by Crippen LogP contribution is 2.27. The van der Waals surface area contributed by atoms with Crippen molar-refractivity contribution in [2.75, 3.05) is 49.3 Å². The lowest BCUT2D eigenvalue weighted by Crippen LogP contribution is -2.30. The molecule has 80 heavy (non-hydrogen) atoms. The van der Waals surface area contributed by atoms with Crippen molar-refractivity contribution < 1.29 is 43.7 Å². The molecule has 6 atom stereocenters. The number of rotatable bonds is 42. The van der Waals surface area contributed by atoms with Crippen molar-refractivity contribution in [2.24, 2.45) is 23.7 Å². The van der Waals surface area contributed by atoms with E-state index in [4.69, 9.17) is 14.9 Å². The number of carbonyl (C=O) groups excluding carboxylic acids is 5. The summed E-state index contributed by atoms with van der Waals surface area (Å²) in [6.07, 6.45) is 36.3. The second-order valence-electron chi connectivity index (χ2n) is 21.0. The maximum absolute atomic E-state index is 11.9. The largest absolute Gasteiger partial charge is 0.481 e. The van der Waals surface area contributed by atoms with Crippen molar-refractivity contribution in [1.82, 2.24) is 9.80 Å². The lowest BCUT2D eigenvalue weighted by atomic mass is 9.90. The Morgan fingerprint density at radius 3 is 1.41 bits per heavy atom. The number of nitrogens with zero attached hydrogens (tertiary/aromatic N) is 2. The Morgan fingerprint density at radius 1 is 0.575 bits per heavy atom. The minimum atomic E-state index is -0.815. The number of carbonyl (C=O) groups is 6. The Morgan fingerprint density at radius 2 is 1.00 bits per heavy atom. The van der Waals surface area contributed by atoms with Gasteiger partial charge in [0.2, 0.25) is 0 Å². The van der Waals surface area contributed by atoms with Crippen LogP contribution >= 0.6 is 23.5 Å². The second-order valence-corrected chi connectivity index (χ2v) is 23.5. The molecule has 6 unspecified atom stereocenters. The van der Waals surface area contributed by atoms with Crippen LogP contribution in [0, 0.1) is 23.7 Å². The summed E-state index contributed by atoms with van der Waals surface area (Å²) in [6.45, 7) is 18.8. The Labute approximate surface area is 490 Å². The molecule has 11 nitrogen and oxygen atoms in total. The summed E-state index contributed by atoms with van der Waals surface area (Å²) in [4.78, 5) is 69.6. The van der Waals surface area contributed by atoms with Gasteiger partial charge in [0, 0.05) is 61.7 Å². The molecule has 2 aliphatic heterocycles. The number of unbranched alkanes of at least 4 members (excludes halogenated alkanes) is 3. The first-order chi connectivity index (χ1) is 38.8. The molecule has 0 fully saturated rings. The van der Waals surface area contributed by atoms with Crippen molar-refractivity contribution in [3.05, 3.63) is 146 Å². The van der Waals surface area contributed by atoms with Crippen LogP contribution in [0.5, 0.6) is 0 Å². The van der Waals surface area contributed by atoms with Crippen molar-refractivity contribution in [1.29, 1.82) is 0 Å². The van der Waals surface area contributed by atoms with Gasteiger partial charge in [-0.05, 0) is 161 Å². The number of hydrogen-bond acceptors (Lipinski definition) is 10. The highest BCUT2D eigenvalue weighted by molar-refractivity contribution is 7.99. The number of benzene rings is 2. The molecule has 2 aliphatic rings. The first-order valence-corrected chi connectivity index (χ1v) is 31.9. The van der Waals surface area contributed by atoms with Crippen LogP contribution in [0.4, 0.5) is 0 Å². The van der Waals surface area contributed by atoms with Gasteiger partial charge in [0.15, 0.2) is 0 Å². The summed E-state index contributed by atoms with van der Waals surface area (Å²) in [5.74, 6) is 5.52. The number of aliphatic hydroxyl groups is 1. The van der Waals surface area contributed by atoms with Gasteiger partial charge in [0.25, 0.3) is 23.6 Å². The molecule has 0 saturated carbocycles. The molecule has 442 valence electrons. The molecule has 0 aliphatic carbocycles. The average Bonchev–Trinajstić information content (AvgIpc) is 3.98. The lowest BCUT2D eigenvalue weighted by molar-refractivity contribution is -0.143. The minimum Gasteiger partial charge on any atom is -0.481 e. The van der Waals surface area contributed by atoms with E-state index in [0.717, 1.165) is 73.9 Å². The number of amides is 4. The minimum absolute atomic E-state index is 0.139. The van der Waals surface area contributed by atoms with Gasteiger partial charge in [0.1, 0.15) is 6.61 Å². The molecule has 0 aromatic heterocycles. The van der Waals surface area contributed by atoms with Crippen molar-refractivity contribution in [3.63, 3.8) is 0 Å². The number of aliphatic carboxylic acids is 1. The zero-order valence-electron chi connectivity index (χ0n) is 49.0. The van der Waals surface area contributed by atoms with E-state index in [1.807, 2.05) is 23.5 Å². The number of esters is 1. The predicted octanol–water partition coefficient (Wildman–Crippen LogP) is 14.9. The zero-order valence-corrected chi connectivity index (χ0v) is 50.6. The Bertz CT molecular complexity index is 2160. The molecule has 2 heterocycles. The summed E-state index contributed by atoms with van der Waals surface area (Å²) < 4.78 is 5.32. The van der Waals surface area contributed by atoms with E-state index in [1.165, 1.54) is 77.3 Å². The summed E-state index contributed by atoms with van der Waals surface area (Å²) in [6, 6.07) is 21.7. The topological polar surface area (TPSA) is 159 Å². The van der Waals surface area contributed by atoms with Gasteiger partial charge < -0.3 is 14.9 Å². The number of thioether (sulfide) groups is 2. The summed E-state index contributed by atoms with van der Waals surface area (Å²) in [5, 5.41) is 17.2. The van der Waals surface area contributed by atoms with E-state index in [0.29, 0.717) is 94.4 Å². The molecule has 0 saturated heterocycles. The number of aliphatic hydroxyl groups excluding tert-OH is 1. The van der Waals surface area contributed by atoms with Gasteiger partial charge in [-0.25, -0.2) is 0 Å². The Balaban J connectivity index is 0.000000456. The third-order valence-electron chi connectivity index (χ3n) is 14.5. The van der Waals surface area contributed by atoms with Crippen LogP contribution in [0.2, 0.25) is 0 Å². The molecule has 4 amide bonds. The van der Waals surface area contributed by atoms with Crippen molar-refractivity contribution in [2.45, 2.75) is 162 Å². The Hall–Kier alpha value is -5.24. The molecule has 2 aromatic rings. The van der Waals surface area contributed by atoms with Crippen LogP contribution in [-0.2, 0) is 33.5 Å². The molecule has 4 rings (SSSR count). The number of imide groups is 2. The monoisotopic (exact) mass is 1140 g/mol. The van der Waals surface area contributed by atoms with Gasteiger partial charge >= 0.3 is 11.9 Å². The average molecular weight is 1140 g/mol. The van der Waals surface area contributed by atoms with E-state index in [2.05, 4.69) is 138 Å². The van der Waals surface area contributed by atoms with Gasteiger partial charge in [-0.2, -0.15) is 23.5 Å². The Kier molecular flexibility index (Phi) is 40.2. The molecule has 2 aromatic carbocycles. The van der Waals surface area contributed by atoms with E-state index < -0.39 is 5.97 Å². The van der Waals surface area contributed by atoms with Crippen LogP contribution in [0.25, 0.3) is 0 Å². The smallest absolute Gasteiger partial charge is 0.305 e. The van der Waals surface area contributed by atoms with Crippen LogP contribution in [0.1, 0.15) is 173 Å². The maximum Gasteiger partial charge on any atom is 0.305 e. The third kappa shape index (κ3) is 32.9. The third-order valence-corrected chi connectivity index (χ3v) is 16.5. The fraction of sp³-hybridized carbons (Fsp3) is 0.552. The van der Waals surface area contributed by atoms with Gasteiger partial charge in [-0.3, -0.25) is 38.6 Å². The first-order valence-electron chi connectivity index (χ1n) is 29.6. The van der Waals surface area contributed by atoms with Crippen LogP contribution in [0.15, 0.2) is 135 Å². The predicted molar refractivity (Wildman–Crippen MR) is 333 cm³/mol. The first kappa shape index (κ1) is 70.9. The fourth-order valence-electron chi connectivity index (χ4n) is 9.53. The number of ether oxygens (including phenoxy) is 1. The summed E-state index contributed by atoms with van der Waals surface area (Å²) >= 11 is 3.69. The maximum atomic E-state index is 11.9.